The molecule has 32 heavy (non-hydrogen) atoms. The number of hydrogen-bond donors (Lipinski definition) is 0. The topological polar surface area (TPSA) is 88.1 Å². The summed E-state index contributed by atoms with van der Waals surface area (Å²) >= 11 is 0. The minimum atomic E-state index is -0.388. The van der Waals surface area contributed by atoms with Gasteiger partial charge in [0.05, 0.1) is 13.2 Å². The predicted octanol–water partition coefficient (Wildman–Crippen LogP) is 4.43. The van der Waals surface area contributed by atoms with E-state index in [1.165, 1.54) is 21.0 Å². The van der Waals surface area contributed by atoms with Crippen molar-refractivity contribution in [3.63, 3.8) is 0 Å². The Morgan fingerprint density at radius 2 is 1.72 bits per heavy atom. The van der Waals surface area contributed by atoms with Gasteiger partial charge in [-0.15, -0.1) is 0 Å². The van der Waals surface area contributed by atoms with Crippen LogP contribution in [0.15, 0.2) is 18.2 Å². The molecule has 0 aromatic heterocycles. The number of unbranched alkanes of at least 4 members (excludes halogenated alkanes) is 1. The van der Waals surface area contributed by atoms with E-state index in [9.17, 15) is 14.4 Å². The third-order valence-electron chi connectivity index (χ3n) is 5.94. The second kappa shape index (κ2) is 13.2. The number of carbonyl (C=O) groups excluding carboxylic acids is 3. The molecule has 1 aliphatic rings. The van der Waals surface area contributed by atoms with Gasteiger partial charge in [0, 0.05) is 33.8 Å². The fourth-order valence-electron chi connectivity index (χ4n) is 4.31. The SMILES string of the molecule is COc1ccc(CCCCC(=O)CCC2CCC(OC)C(OC(C)=O)C2)cc1OC(C)=O. The summed E-state index contributed by atoms with van der Waals surface area (Å²) in [7, 11) is 3.18. The lowest BCUT2D eigenvalue weighted by Crippen LogP contribution is -2.38. The highest BCUT2D eigenvalue weighted by molar-refractivity contribution is 5.78. The van der Waals surface area contributed by atoms with Crippen molar-refractivity contribution in [1.29, 1.82) is 0 Å². The molecule has 3 atom stereocenters. The van der Waals surface area contributed by atoms with Crippen LogP contribution in [0.25, 0.3) is 0 Å². The summed E-state index contributed by atoms with van der Waals surface area (Å²) in [4.78, 5) is 34.9. The van der Waals surface area contributed by atoms with Crippen LogP contribution in [0.4, 0.5) is 0 Å². The quantitative estimate of drug-likeness (QED) is 0.265. The van der Waals surface area contributed by atoms with Gasteiger partial charge in [0.25, 0.3) is 0 Å². The highest BCUT2D eigenvalue weighted by Gasteiger charge is 2.32. The van der Waals surface area contributed by atoms with Crippen LogP contribution >= 0.6 is 0 Å². The summed E-state index contributed by atoms with van der Waals surface area (Å²) in [6.45, 7) is 2.78. The Kier molecular flexibility index (Phi) is 10.7. The van der Waals surface area contributed by atoms with Crippen LogP contribution in [0.3, 0.4) is 0 Å². The molecule has 0 aliphatic heterocycles. The molecule has 1 aliphatic carbocycles. The van der Waals surface area contributed by atoms with Crippen molar-refractivity contribution >= 4 is 17.7 Å². The minimum absolute atomic E-state index is 0.0508. The number of benzene rings is 1. The normalized spacial score (nSPS) is 20.4. The van der Waals surface area contributed by atoms with E-state index in [2.05, 4.69) is 0 Å². The summed E-state index contributed by atoms with van der Waals surface area (Å²) < 4.78 is 21.3. The average molecular weight is 449 g/mol. The number of hydrogen-bond acceptors (Lipinski definition) is 7. The zero-order chi connectivity index (χ0) is 23.5. The molecule has 0 amide bonds. The largest absolute Gasteiger partial charge is 0.493 e. The molecular formula is C25H36O7. The Morgan fingerprint density at radius 3 is 2.38 bits per heavy atom. The van der Waals surface area contributed by atoms with Crippen molar-refractivity contribution in [1.82, 2.24) is 0 Å². The molecule has 2 rings (SSSR count). The summed E-state index contributed by atoms with van der Waals surface area (Å²) in [6, 6.07) is 5.56. The lowest BCUT2D eigenvalue weighted by Gasteiger charge is -2.34. The molecule has 1 saturated carbocycles. The number of ether oxygens (including phenoxy) is 4. The van der Waals surface area contributed by atoms with Crippen molar-refractivity contribution in [3.8, 4) is 11.5 Å². The maximum atomic E-state index is 12.4. The lowest BCUT2D eigenvalue weighted by atomic mass is 9.82. The third-order valence-corrected chi connectivity index (χ3v) is 5.94. The fraction of sp³-hybridized carbons (Fsp3) is 0.640. The number of methoxy groups -OCH3 is 2. The Hall–Kier alpha value is -2.41. The van der Waals surface area contributed by atoms with Crippen molar-refractivity contribution in [2.75, 3.05) is 14.2 Å². The summed E-state index contributed by atoms with van der Waals surface area (Å²) in [5.74, 6) is 0.928. The molecule has 0 bridgehead atoms. The van der Waals surface area contributed by atoms with Crippen LogP contribution in [0.5, 0.6) is 11.5 Å². The molecule has 7 heteroatoms. The smallest absolute Gasteiger partial charge is 0.308 e. The van der Waals surface area contributed by atoms with Gasteiger partial charge in [0.1, 0.15) is 11.9 Å². The minimum Gasteiger partial charge on any atom is -0.493 e. The number of esters is 2. The lowest BCUT2D eigenvalue weighted by molar-refractivity contribution is -0.158. The number of Topliss-reactive ketones (excluding diaryl/α,β-unsaturated/α-hetero) is 1. The first-order valence-corrected chi connectivity index (χ1v) is 11.4. The molecule has 1 aromatic rings. The number of carbonyl (C=O) groups is 3. The van der Waals surface area contributed by atoms with E-state index in [0.29, 0.717) is 30.3 Å². The number of aryl methyl sites for hydroxylation is 1. The first-order chi connectivity index (χ1) is 15.3. The number of rotatable bonds is 12. The van der Waals surface area contributed by atoms with Gasteiger partial charge < -0.3 is 18.9 Å². The van der Waals surface area contributed by atoms with Gasteiger partial charge in [-0.3, -0.25) is 14.4 Å². The van der Waals surface area contributed by atoms with Crippen LogP contribution in [0.1, 0.15) is 70.8 Å². The Bertz CT molecular complexity index is 774. The predicted molar refractivity (Wildman–Crippen MR) is 120 cm³/mol. The van der Waals surface area contributed by atoms with Crippen LogP contribution in [-0.4, -0.2) is 44.1 Å². The first kappa shape index (κ1) is 25.8. The van der Waals surface area contributed by atoms with Gasteiger partial charge in [-0.25, -0.2) is 0 Å². The molecule has 1 fully saturated rings. The molecule has 0 saturated heterocycles. The number of ketones is 1. The van der Waals surface area contributed by atoms with Crippen molar-refractivity contribution < 1.29 is 33.3 Å². The summed E-state index contributed by atoms with van der Waals surface area (Å²) in [5, 5.41) is 0. The maximum Gasteiger partial charge on any atom is 0.308 e. The van der Waals surface area contributed by atoms with Crippen LogP contribution in [0, 0.1) is 5.92 Å². The highest BCUT2D eigenvalue weighted by atomic mass is 16.6. The summed E-state index contributed by atoms with van der Waals surface area (Å²) in [5.41, 5.74) is 1.04. The molecule has 0 radical (unpaired) electrons. The molecule has 0 N–H and O–H groups in total. The molecule has 1 aromatic carbocycles. The average Bonchev–Trinajstić information content (AvgIpc) is 2.75. The van der Waals surface area contributed by atoms with Crippen LogP contribution in [-0.2, 0) is 30.3 Å². The van der Waals surface area contributed by atoms with Crippen molar-refractivity contribution in [2.45, 2.75) is 83.8 Å². The van der Waals surface area contributed by atoms with Gasteiger partial charge in [0.2, 0.25) is 0 Å². The summed E-state index contributed by atoms with van der Waals surface area (Å²) in [6.07, 6.45) is 6.79. The van der Waals surface area contributed by atoms with E-state index < -0.39 is 0 Å². The standard InChI is InChI=1S/C25H36O7/c1-17(26)31-24-15-19(10-13-22(24)29-3)7-5-6-8-21(28)12-9-20-11-14-23(30-4)25(16-20)32-18(2)27/h10,13,15,20,23,25H,5-9,11-12,14,16H2,1-4H3. The van der Waals surface area contributed by atoms with Gasteiger partial charge in [-0.05, 0) is 68.6 Å². The van der Waals surface area contributed by atoms with Gasteiger partial charge in [-0.1, -0.05) is 6.07 Å². The Morgan fingerprint density at radius 1 is 0.938 bits per heavy atom. The van der Waals surface area contributed by atoms with Crippen LogP contribution < -0.4 is 9.47 Å². The van der Waals surface area contributed by atoms with E-state index in [4.69, 9.17) is 18.9 Å². The van der Waals surface area contributed by atoms with E-state index in [1.807, 2.05) is 12.1 Å². The van der Waals surface area contributed by atoms with Crippen molar-refractivity contribution in [2.24, 2.45) is 5.92 Å². The molecule has 7 nitrogen and oxygen atoms in total. The van der Waals surface area contributed by atoms with E-state index >= 15 is 0 Å². The molecule has 0 heterocycles. The molecule has 3 unspecified atom stereocenters. The second-order valence-corrected chi connectivity index (χ2v) is 8.46. The zero-order valence-electron chi connectivity index (χ0n) is 19.7. The molecular weight excluding hydrogens is 412 g/mol. The van der Waals surface area contributed by atoms with Crippen LogP contribution in [0.2, 0.25) is 0 Å². The Labute approximate surface area is 190 Å². The third kappa shape index (κ3) is 8.61. The monoisotopic (exact) mass is 448 g/mol. The highest BCUT2D eigenvalue weighted by Crippen LogP contribution is 2.32. The Balaban J connectivity index is 1.70. The van der Waals surface area contributed by atoms with E-state index in [-0.39, 0.29) is 29.9 Å². The second-order valence-electron chi connectivity index (χ2n) is 8.46. The maximum absolute atomic E-state index is 12.4. The van der Waals surface area contributed by atoms with Crippen molar-refractivity contribution in [3.05, 3.63) is 23.8 Å². The van der Waals surface area contributed by atoms with E-state index in [0.717, 1.165) is 50.5 Å². The molecule has 178 valence electrons. The van der Waals surface area contributed by atoms with E-state index in [1.54, 1.807) is 13.2 Å². The van der Waals surface area contributed by atoms with Gasteiger partial charge in [-0.2, -0.15) is 0 Å². The first-order valence-electron chi connectivity index (χ1n) is 11.4. The molecule has 0 spiro atoms. The zero-order valence-corrected chi connectivity index (χ0v) is 19.7. The van der Waals surface area contributed by atoms with Gasteiger partial charge in [0.15, 0.2) is 11.5 Å². The van der Waals surface area contributed by atoms with Gasteiger partial charge >= 0.3 is 11.9 Å². The fourth-order valence-corrected chi connectivity index (χ4v) is 4.31.